The van der Waals surface area contributed by atoms with Crippen molar-refractivity contribution in [3.63, 3.8) is 0 Å². The minimum atomic E-state index is -1.07. The number of nitrogens with zero attached hydrogens (tertiary/aromatic N) is 1. The van der Waals surface area contributed by atoms with Gasteiger partial charge >= 0.3 is 5.97 Å². The summed E-state index contributed by atoms with van der Waals surface area (Å²) in [4.78, 5) is 16.9. The molecule has 0 spiro atoms. The van der Waals surface area contributed by atoms with E-state index in [0.29, 0.717) is 31.3 Å². The summed E-state index contributed by atoms with van der Waals surface area (Å²) in [5.74, 6) is 2.49. The zero-order chi connectivity index (χ0) is 24.6. The van der Waals surface area contributed by atoms with Crippen LogP contribution in [0.2, 0.25) is 0 Å². The molecule has 1 aromatic heterocycles. The van der Waals surface area contributed by atoms with E-state index >= 15 is 0 Å². The van der Waals surface area contributed by atoms with Crippen molar-refractivity contribution in [1.82, 2.24) is 4.98 Å². The highest BCUT2D eigenvalue weighted by atomic mass is 16.6. The molecule has 0 aliphatic rings. The molecule has 182 valence electrons. The molecule has 2 aromatic carbocycles. The topological polar surface area (TPSA) is 70.8 Å². The molecule has 3 aromatic rings. The van der Waals surface area contributed by atoms with Crippen molar-refractivity contribution >= 4 is 5.97 Å². The number of aryl methyl sites for hydroxylation is 2. The summed E-state index contributed by atoms with van der Waals surface area (Å²) in [6.07, 6.45) is 3.55. The third-order valence-corrected chi connectivity index (χ3v) is 5.48. The second kappa shape index (κ2) is 11.7. The number of benzene rings is 2. The molecule has 6 nitrogen and oxygen atoms in total. The Labute approximate surface area is 202 Å². The second-order valence-electron chi connectivity index (χ2n) is 8.69. The molecule has 0 unspecified atom stereocenters. The van der Waals surface area contributed by atoms with Crippen LogP contribution in [0.5, 0.6) is 11.5 Å². The molecule has 0 radical (unpaired) electrons. The van der Waals surface area contributed by atoms with E-state index in [2.05, 4.69) is 11.9 Å². The first-order valence-corrected chi connectivity index (χ1v) is 12.0. The predicted octanol–water partition coefficient (Wildman–Crippen LogP) is 6.33. The minimum Gasteiger partial charge on any atom is -0.493 e. The number of unbranched alkanes of at least 4 members (excludes halogenated alkanes) is 1. The average molecular weight is 466 g/mol. The number of carbonyl (C=O) groups excluding carboxylic acids is 1. The molecular weight excluding hydrogens is 430 g/mol. The Kier molecular flexibility index (Phi) is 8.74. The van der Waals surface area contributed by atoms with Gasteiger partial charge in [-0.3, -0.25) is 0 Å². The fraction of sp³-hybridized carbons (Fsp3) is 0.429. The lowest BCUT2D eigenvalue weighted by molar-refractivity contribution is -0.158. The first kappa shape index (κ1) is 25.3. The summed E-state index contributed by atoms with van der Waals surface area (Å²) in [6.45, 7) is 10.1. The molecular formula is C28H35NO5. The number of hydrogen-bond acceptors (Lipinski definition) is 6. The molecule has 0 saturated carbocycles. The van der Waals surface area contributed by atoms with Gasteiger partial charge in [0.25, 0.3) is 0 Å². The van der Waals surface area contributed by atoms with Crippen LogP contribution in [0.25, 0.3) is 11.5 Å². The Bertz CT molecular complexity index is 1070. The summed E-state index contributed by atoms with van der Waals surface area (Å²) >= 11 is 0. The molecule has 3 rings (SSSR count). The van der Waals surface area contributed by atoms with Gasteiger partial charge in [0.05, 0.1) is 18.9 Å². The van der Waals surface area contributed by atoms with Crippen LogP contribution in [0.4, 0.5) is 0 Å². The van der Waals surface area contributed by atoms with E-state index < -0.39 is 5.60 Å². The van der Waals surface area contributed by atoms with E-state index in [1.54, 1.807) is 20.8 Å². The molecule has 0 aliphatic carbocycles. The van der Waals surface area contributed by atoms with Crippen LogP contribution >= 0.6 is 0 Å². The average Bonchev–Trinajstić information content (AvgIpc) is 3.20. The number of ether oxygens (including phenoxy) is 3. The minimum absolute atomic E-state index is 0.318. The second-order valence-corrected chi connectivity index (χ2v) is 8.69. The lowest BCUT2D eigenvalue weighted by Gasteiger charge is -2.26. The zero-order valence-corrected chi connectivity index (χ0v) is 20.8. The highest BCUT2D eigenvalue weighted by molar-refractivity contribution is 5.79. The molecule has 0 atom stereocenters. The van der Waals surface area contributed by atoms with Gasteiger partial charge in [-0.15, -0.1) is 0 Å². The van der Waals surface area contributed by atoms with Crippen molar-refractivity contribution in [3.05, 3.63) is 65.5 Å². The number of carbonyl (C=O) groups is 1. The Balaban J connectivity index is 1.67. The smallest absolute Gasteiger partial charge is 0.349 e. The Morgan fingerprint density at radius 2 is 1.82 bits per heavy atom. The van der Waals surface area contributed by atoms with Crippen molar-refractivity contribution in [3.8, 4) is 23.0 Å². The van der Waals surface area contributed by atoms with Crippen LogP contribution in [-0.2, 0) is 22.4 Å². The maximum Gasteiger partial charge on any atom is 0.349 e. The lowest BCUT2D eigenvalue weighted by Crippen LogP contribution is -2.40. The van der Waals surface area contributed by atoms with E-state index in [1.807, 2.05) is 55.5 Å². The fourth-order valence-electron chi connectivity index (χ4n) is 3.56. The van der Waals surface area contributed by atoms with Gasteiger partial charge in [-0.25, -0.2) is 9.78 Å². The third-order valence-electron chi connectivity index (χ3n) is 5.48. The molecule has 0 aliphatic heterocycles. The van der Waals surface area contributed by atoms with E-state index in [4.69, 9.17) is 18.6 Å². The molecule has 0 bridgehead atoms. The number of esters is 1. The van der Waals surface area contributed by atoms with Crippen LogP contribution in [0.3, 0.4) is 0 Å². The molecule has 0 fully saturated rings. The lowest BCUT2D eigenvalue weighted by atomic mass is 10.1. The summed E-state index contributed by atoms with van der Waals surface area (Å²) < 4.78 is 23.1. The largest absolute Gasteiger partial charge is 0.493 e. The first-order valence-electron chi connectivity index (χ1n) is 12.0. The van der Waals surface area contributed by atoms with Crippen molar-refractivity contribution < 1.29 is 23.4 Å². The Hall–Kier alpha value is -3.28. The molecule has 0 N–H and O–H groups in total. The summed E-state index contributed by atoms with van der Waals surface area (Å²) in [7, 11) is 0. The maximum atomic E-state index is 12.3. The predicted molar refractivity (Wildman–Crippen MR) is 132 cm³/mol. The normalized spacial score (nSPS) is 11.3. The molecule has 1 heterocycles. The fourth-order valence-corrected chi connectivity index (χ4v) is 3.56. The highest BCUT2D eigenvalue weighted by Gasteiger charge is 2.32. The van der Waals surface area contributed by atoms with Gasteiger partial charge in [0.1, 0.15) is 17.3 Å². The SMILES string of the molecule is CCCCc1cc(OCCc2nc(-c3ccccc3)oc2C)ccc1OC(C)(C)C(=O)OCC. The van der Waals surface area contributed by atoms with Gasteiger partial charge in [0.15, 0.2) is 5.60 Å². The quantitative estimate of drug-likeness (QED) is 0.291. The van der Waals surface area contributed by atoms with Crippen molar-refractivity contribution in [1.29, 1.82) is 0 Å². The monoisotopic (exact) mass is 465 g/mol. The molecule has 6 heteroatoms. The summed E-state index contributed by atoms with van der Waals surface area (Å²) in [6, 6.07) is 15.6. The van der Waals surface area contributed by atoms with Crippen LogP contribution in [-0.4, -0.2) is 29.8 Å². The van der Waals surface area contributed by atoms with Gasteiger partial charge in [0.2, 0.25) is 5.89 Å². The standard InChI is InChI=1S/C28H35NO5/c1-6-8-12-22-19-23(15-16-25(22)34-28(4,5)27(30)31-7-2)32-18-17-24-20(3)33-26(29-24)21-13-10-9-11-14-21/h9-11,13-16,19H,6-8,12,17-18H2,1-5H3. The maximum absolute atomic E-state index is 12.3. The van der Waals surface area contributed by atoms with Gasteiger partial charge in [-0.2, -0.15) is 0 Å². The van der Waals surface area contributed by atoms with Gasteiger partial charge < -0.3 is 18.6 Å². The molecule has 34 heavy (non-hydrogen) atoms. The van der Waals surface area contributed by atoms with Gasteiger partial charge in [-0.1, -0.05) is 31.5 Å². The number of rotatable bonds is 12. The van der Waals surface area contributed by atoms with Crippen LogP contribution in [0.1, 0.15) is 57.6 Å². The summed E-state index contributed by atoms with van der Waals surface area (Å²) in [5, 5.41) is 0. The van der Waals surface area contributed by atoms with Crippen molar-refractivity contribution in [2.75, 3.05) is 13.2 Å². The zero-order valence-electron chi connectivity index (χ0n) is 20.8. The molecule has 0 saturated heterocycles. The highest BCUT2D eigenvalue weighted by Crippen LogP contribution is 2.30. The number of hydrogen-bond donors (Lipinski definition) is 0. The number of oxazole rings is 1. The third kappa shape index (κ3) is 6.62. The van der Waals surface area contributed by atoms with Crippen LogP contribution < -0.4 is 9.47 Å². The van der Waals surface area contributed by atoms with E-state index in [9.17, 15) is 4.79 Å². The Morgan fingerprint density at radius 1 is 1.06 bits per heavy atom. The van der Waals surface area contributed by atoms with Crippen molar-refractivity contribution in [2.45, 2.75) is 65.9 Å². The Morgan fingerprint density at radius 3 is 2.53 bits per heavy atom. The van der Waals surface area contributed by atoms with Gasteiger partial charge in [-0.05, 0) is 76.4 Å². The number of aromatic nitrogens is 1. The summed E-state index contributed by atoms with van der Waals surface area (Å²) in [5.41, 5.74) is 1.79. The van der Waals surface area contributed by atoms with E-state index in [0.717, 1.165) is 47.6 Å². The van der Waals surface area contributed by atoms with Crippen LogP contribution in [0.15, 0.2) is 52.9 Å². The first-order chi connectivity index (χ1) is 16.3. The van der Waals surface area contributed by atoms with E-state index in [1.165, 1.54) is 0 Å². The van der Waals surface area contributed by atoms with Gasteiger partial charge in [0, 0.05) is 12.0 Å². The molecule has 0 amide bonds. The van der Waals surface area contributed by atoms with Crippen LogP contribution in [0, 0.1) is 6.92 Å². The van der Waals surface area contributed by atoms with E-state index in [-0.39, 0.29) is 5.97 Å². The van der Waals surface area contributed by atoms with Crippen molar-refractivity contribution in [2.24, 2.45) is 0 Å².